The largest absolute Gasteiger partial charge is 1.00 e. The molecular weight excluding hydrogens is 319 g/mol. The molecule has 0 amide bonds. The lowest BCUT2D eigenvalue weighted by atomic mass is 10.2. The van der Waals surface area contributed by atoms with Gasteiger partial charge in [0.05, 0.1) is 0 Å². The third-order valence-corrected chi connectivity index (χ3v) is 9.42. The van der Waals surface area contributed by atoms with E-state index in [1.807, 2.05) is 0 Å². The molecule has 0 spiro atoms. The number of ether oxygens (including phenoxy) is 1. The second-order valence-corrected chi connectivity index (χ2v) is 10.5. The molecule has 3 aliphatic rings. The van der Waals surface area contributed by atoms with E-state index in [1.54, 1.807) is 0 Å². The molecule has 3 heterocycles. The molecule has 19 heavy (non-hydrogen) atoms. The summed E-state index contributed by atoms with van der Waals surface area (Å²) in [4.78, 5) is 0. The molecule has 0 radical (unpaired) electrons. The summed E-state index contributed by atoms with van der Waals surface area (Å²) in [6.07, 6.45) is 9.98. The molecule has 2 atom stereocenters. The van der Waals surface area contributed by atoms with Gasteiger partial charge in [-0.15, -0.1) is 0 Å². The summed E-state index contributed by atoms with van der Waals surface area (Å²) in [6, 6.07) is 0. The Morgan fingerprint density at radius 2 is 1.05 bits per heavy atom. The highest BCUT2D eigenvalue weighted by Crippen LogP contribution is 2.27. The van der Waals surface area contributed by atoms with Gasteiger partial charge in [0.1, 0.15) is 46.7 Å². The molecule has 5 heteroatoms. The molecule has 3 fully saturated rings. The summed E-state index contributed by atoms with van der Waals surface area (Å²) >= 11 is 0. The van der Waals surface area contributed by atoms with Gasteiger partial charge in [-0.3, -0.25) is 0 Å². The smallest absolute Gasteiger partial charge is 0.134 e. The van der Waals surface area contributed by atoms with Gasteiger partial charge < -0.3 is 29.6 Å². The van der Waals surface area contributed by atoms with Crippen molar-refractivity contribution in [1.82, 2.24) is 0 Å². The van der Waals surface area contributed by atoms with Crippen molar-refractivity contribution in [2.75, 3.05) is 34.5 Å². The topological polar surface area (TPSA) is 9.23 Å². The SMILES string of the molecule is C1CC[S+](CC2CCC(C[S+]3CCCC3)O2)C1.[Cl-].[Cl-]. The van der Waals surface area contributed by atoms with Gasteiger partial charge in [-0.05, 0) is 60.3 Å². The maximum atomic E-state index is 6.30. The van der Waals surface area contributed by atoms with Gasteiger partial charge in [0.15, 0.2) is 0 Å². The highest BCUT2D eigenvalue weighted by Gasteiger charge is 2.37. The van der Waals surface area contributed by atoms with Crippen LogP contribution in [0.15, 0.2) is 0 Å². The van der Waals surface area contributed by atoms with Crippen molar-refractivity contribution in [1.29, 1.82) is 0 Å². The number of rotatable bonds is 4. The van der Waals surface area contributed by atoms with E-state index in [0.29, 0.717) is 12.2 Å². The molecule has 0 aliphatic carbocycles. The fraction of sp³-hybridized carbons (Fsp3) is 1.00. The Kier molecular flexibility index (Phi) is 8.95. The lowest BCUT2D eigenvalue weighted by molar-refractivity contribution is -0.001000. The van der Waals surface area contributed by atoms with Crippen molar-refractivity contribution in [2.24, 2.45) is 0 Å². The Labute approximate surface area is 136 Å². The van der Waals surface area contributed by atoms with Crippen LogP contribution in [0.5, 0.6) is 0 Å². The fourth-order valence-electron chi connectivity index (χ4n) is 3.31. The minimum absolute atomic E-state index is 0. The maximum Gasteiger partial charge on any atom is 0.134 e. The summed E-state index contributed by atoms with van der Waals surface area (Å²) < 4.78 is 6.30. The zero-order valence-electron chi connectivity index (χ0n) is 11.6. The molecule has 2 unspecified atom stereocenters. The van der Waals surface area contributed by atoms with E-state index in [1.165, 1.54) is 73.0 Å². The molecule has 0 bridgehead atoms. The van der Waals surface area contributed by atoms with Crippen molar-refractivity contribution in [3.05, 3.63) is 0 Å². The molecule has 0 N–H and O–H groups in total. The zero-order chi connectivity index (χ0) is 11.5. The highest BCUT2D eigenvalue weighted by molar-refractivity contribution is 7.97. The molecule has 3 aliphatic heterocycles. The Balaban J connectivity index is 0.000000902. The molecule has 0 aromatic heterocycles. The Morgan fingerprint density at radius 1 is 0.684 bits per heavy atom. The quantitative estimate of drug-likeness (QED) is 0.478. The van der Waals surface area contributed by atoms with E-state index in [0.717, 1.165) is 21.8 Å². The Morgan fingerprint density at radius 3 is 1.42 bits per heavy atom. The standard InChI is InChI=1S/C14H26OS2.2ClH/c1-2-8-16(7-1)11-13-5-6-14(15-13)12-17-9-3-4-10-17;;/h13-14H,1-12H2;2*1H/q+2;;/p-2. The summed E-state index contributed by atoms with van der Waals surface area (Å²) in [6.45, 7) is 0. The van der Waals surface area contributed by atoms with E-state index in [4.69, 9.17) is 4.74 Å². The monoisotopic (exact) mass is 344 g/mol. The second-order valence-electron chi connectivity index (χ2n) is 5.75. The van der Waals surface area contributed by atoms with E-state index < -0.39 is 0 Å². The van der Waals surface area contributed by atoms with Crippen LogP contribution in [0, 0.1) is 0 Å². The van der Waals surface area contributed by atoms with Gasteiger partial charge in [-0.25, -0.2) is 0 Å². The van der Waals surface area contributed by atoms with Crippen molar-refractivity contribution >= 4 is 21.8 Å². The number of hydrogen-bond donors (Lipinski definition) is 0. The molecule has 3 rings (SSSR count). The molecule has 114 valence electrons. The normalized spacial score (nSPS) is 32.2. The van der Waals surface area contributed by atoms with E-state index in [-0.39, 0.29) is 24.8 Å². The van der Waals surface area contributed by atoms with Crippen molar-refractivity contribution < 1.29 is 29.6 Å². The summed E-state index contributed by atoms with van der Waals surface area (Å²) in [5, 5.41) is 0. The average molecular weight is 345 g/mol. The number of hydrogen-bond acceptors (Lipinski definition) is 1. The molecule has 1 nitrogen and oxygen atoms in total. The first-order valence-corrected chi connectivity index (χ1v) is 10.8. The van der Waals surface area contributed by atoms with Gasteiger partial charge in [0, 0.05) is 0 Å². The minimum atomic E-state index is 0. The van der Waals surface area contributed by atoms with Gasteiger partial charge >= 0.3 is 0 Å². The first kappa shape index (κ1) is 18.3. The molecular formula is C14H26Cl2OS2. The summed E-state index contributed by atoms with van der Waals surface area (Å²) in [5.74, 6) is 8.85. The van der Waals surface area contributed by atoms with Crippen LogP contribution < -0.4 is 24.8 Å². The third kappa shape index (κ3) is 5.50. The van der Waals surface area contributed by atoms with Gasteiger partial charge in [-0.2, -0.15) is 0 Å². The van der Waals surface area contributed by atoms with Gasteiger partial charge in [-0.1, -0.05) is 0 Å². The first-order chi connectivity index (χ1) is 8.40. The van der Waals surface area contributed by atoms with Crippen molar-refractivity contribution in [3.8, 4) is 0 Å². The van der Waals surface area contributed by atoms with Crippen LogP contribution in [0.3, 0.4) is 0 Å². The lowest BCUT2D eigenvalue weighted by Crippen LogP contribution is -3.00. The molecule has 0 saturated carbocycles. The van der Waals surface area contributed by atoms with E-state index in [2.05, 4.69) is 0 Å². The van der Waals surface area contributed by atoms with Crippen LogP contribution in [-0.2, 0) is 26.5 Å². The van der Waals surface area contributed by atoms with Crippen molar-refractivity contribution in [3.63, 3.8) is 0 Å². The predicted octanol–water partition coefficient (Wildman–Crippen LogP) is -3.63. The first-order valence-electron chi connectivity index (χ1n) is 7.34. The second kappa shape index (κ2) is 9.30. The van der Waals surface area contributed by atoms with Crippen LogP contribution in [0.1, 0.15) is 38.5 Å². The van der Waals surface area contributed by atoms with Crippen LogP contribution in [-0.4, -0.2) is 46.7 Å². The van der Waals surface area contributed by atoms with Crippen molar-refractivity contribution in [2.45, 2.75) is 50.7 Å². The lowest BCUT2D eigenvalue weighted by Gasteiger charge is -2.12. The van der Waals surface area contributed by atoms with E-state index in [9.17, 15) is 0 Å². The van der Waals surface area contributed by atoms with Crippen LogP contribution >= 0.6 is 0 Å². The average Bonchev–Trinajstić information content (AvgIpc) is 3.02. The highest BCUT2D eigenvalue weighted by atomic mass is 35.5. The maximum absolute atomic E-state index is 6.30. The van der Waals surface area contributed by atoms with Gasteiger partial charge in [0.25, 0.3) is 0 Å². The fourth-order valence-corrected chi connectivity index (χ4v) is 8.38. The number of halogens is 2. The Bertz CT molecular complexity index is 220. The molecule has 0 aromatic rings. The van der Waals surface area contributed by atoms with Gasteiger partial charge in [0.2, 0.25) is 0 Å². The van der Waals surface area contributed by atoms with E-state index >= 15 is 0 Å². The minimum Gasteiger partial charge on any atom is -1.00 e. The summed E-state index contributed by atoms with van der Waals surface area (Å²) in [5.41, 5.74) is 0. The Hall–Kier alpha value is 1.24. The predicted molar refractivity (Wildman–Crippen MR) is 80.3 cm³/mol. The molecule has 3 saturated heterocycles. The summed E-state index contributed by atoms with van der Waals surface area (Å²) in [7, 11) is 1.48. The third-order valence-electron chi connectivity index (χ3n) is 4.27. The molecule has 0 aromatic carbocycles. The van der Waals surface area contributed by atoms with Crippen LogP contribution in [0.4, 0.5) is 0 Å². The van der Waals surface area contributed by atoms with Crippen LogP contribution in [0.25, 0.3) is 0 Å². The zero-order valence-corrected chi connectivity index (χ0v) is 14.8. The van der Waals surface area contributed by atoms with Crippen LogP contribution in [0.2, 0.25) is 0 Å².